The van der Waals surface area contributed by atoms with Gasteiger partial charge in [-0.25, -0.2) is 14.3 Å². The van der Waals surface area contributed by atoms with Crippen LogP contribution in [0.1, 0.15) is 25.6 Å². The number of aromatic nitrogens is 6. The first-order valence-electron chi connectivity index (χ1n) is 4.49. The Morgan fingerprint density at radius 3 is 2.86 bits per heavy atom. The molecule has 0 spiro atoms. The monoisotopic (exact) mass is 192 g/mol. The van der Waals surface area contributed by atoms with E-state index in [1.807, 2.05) is 10.9 Å². The fraction of sp³-hybridized carbons (Fsp3) is 0.500. The maximum atomic E-state index is 4.04. The molecule has 2 aromatic rings. The SMILES string of the molecule is CC(C)n1cc(Cn2cncn2)nn1. The smallest absolute Gasteiger partial charge is 0.137 e. The van der Waals surface area contributed by atoms with E-state index >= 15 is 0 Å². The predicted molar refractivity (Wildman–Crippen MR) is 49.5 cm³/mol. The van der Waals surface area contributed by atoms with E-state index in [0.29, 0.717) is 12.6 Å². The second-order valence-corrected chi connectivity index (χ2v) is 3.38. The van der Waals surface area contributed by atoms with E-state index in [4.69, 9.17) is 0 Å². The van der Waals surface area contributed by atoms with E-state index in [2.05, 4.69) is 34.2 Å². The van der Waals surface area contributed by atoms with E-state index in [-0.39, 0.29) is 0 Å². The number of rotatable bonds is 3. The van der Waals surface area contributed by atoms with Gasteiger partial charge in [0.05, 0.1) is 12.7 Å². The Morgan fingerprint density at radius 1 is 1.43 bits per heavy atom. The summed E-state index contributed by atoms with van der Waals surface area (Å²) in [5.74, 6) is 0. The zero-order valence-electron chi connectivity index (χ0n) is 8.20. The zero-order chi connectivity index (χ0) is 9.97. The summed E-state index contributed by atoms with van der Waals surface area (Å²) in [6.07, 6.45) is 5.09. The molecule has 0 aliphatic carbocycles. The molecule has 0 amide bonds. The Kier molecular flexibility index (Phi) is 2.26. The molecule has 6 nitrogen and oxygen atoms in total. The van der Waals surface area contributed by atoms with E-state index in [0.717, 1.165) is 5.69 Å². The fourth-order valence-electron chi connectivity index (χ4n) is 1.12. The summed E-state index contributed by atoms with van der Waals surface area (Å²) >= 11 is 0. The van der Waals surface area contributed by atoms with Gasteiger partial charge in [-0.3, -0.25) is 0 Å². The molecule has 0 bridgehead atoms. The lowest BCUT2D eigenvalue weighted by Crippen LogP contribution is -2.01. The molecule has 2 aromatic heterocycles. The van der Waals surface area contributed by atoms with Crippen molar-refractivity contribution >= 4 is 0 Å². The van der Waals surface area contributed by atoms with Gasteiger partial charge in [0.2, 0.25) is 0 Å². The van der Waals surface area contributed by atoms with Crippen LogP contribution < -0.4 is 0 Å². The van der Waals surface area contributed by atoms with Crippen molar-refractivity contribution in [3.05, 3.63) is 24.5 Å². The Hall–Kier alpha value is -1.72. The zero-order valence-corrected chi connectivity index (χ0v) is 8.20. The van der Waals surface area contributed by atoms with Crippen LogP contribution in [0.2, 0.25) is 0 Å². The van der Waals surface area contributed by atoms with Gasteiger partial charge < -0.3 is 0 Å². The minimum absolute atomic E-state index is 0.340. The molecule has 0 saturated carbocycles. The third-order valence-electron chi connectivity index (χ3n) is 1.88. The number of nitrogens with zero attached hydrogens (tertiary/aromatic N) is 6. The summed E-state index contributed by atoms with van der Waals surface area (Å²) in [7, 11) is 0. The van der Waals surface area contributed by atoms with Crippen LogP contribution in [0.5, 0.6) is 0 Å². The molecule has 0 fully saturated rings. The fourth-order valence-corrected chi connectivity index (χ4v) is 1.12. The van der Waals surface area contributed by atoms with Gasteiger partial charge in [-0.2, -0.15) is 5.10 Å². The van der Waals surface area contributed by atoms with Gasteiger partial charge in [-0.05, 0) is 13.8 Å². The van der Waals surface area contributed by atoms with Gasteiger partial charge in [0, 0.05) is 6.04 Å². The van der Waals surface area contributed by atoms with Crippen LogP contribution in [0.4, 0.5) is 0 Å². The molecular formula is C8H12N6. The van der Waals surface area contributed by atoms with E-state index in [9.17, 15) is 0 Å². The van der Waals surface area contributed by atoms with E-state index < -0.39 is 0 Å². The molecule has 0 radical (unpaired) electrons. The average molecular weight is 192 g/mol. The maximum absolute atomic E-state index is 4.04. The number of hydrogen-bond donors (Lipinski definition) is 0. The van der Waals surface area contributed by atoms with Crippen molar-refractivity contribution < 1.29 is 0 Å². The van der Waals surface area contributed by atoms with E-state index in [1.54, 1.807) is 11.0 Å². The summed E-state index contributed by atoms with van der Waals surface area (Å²) in [4.78, 5) is 3.86. The Labute approximate surface area is 81.6 Å². The molecule has 0 aromatic carbocycles. The second-order valence-electron chi connectivity index (χ2n) is 3.38. The molecule has 0 N–H and O–H groups in total. The molecule has 2 rings (SSSR count). The van der Waals surface area contributed by atoms with Gasteiger partial charge in [0.15, 0.2) is 0 Å². The van der Waals surface area contributed by atoms with Crippen molar-refractivity contribution in [1.29, 1.82) is 0 Å². The Morgan fingerprint density at radius 2 is 2.29 bits per heavy atom. The highest BCUT2D eigenvalue weighted by Gasteiger charge is 2.03. The third-order valence-corrected chi connectivity index (χ3v) is 1.88. The highest BCUT2D eigenvalue weighted by Crippen LogP contribution is 2.03. The van der Waals surface area contributed by atoms with Gasteiger partial charge in [0.25, 0.3) is 0 Å². The number of hydrogen-bond acceptors (Lipinski definition) is 4. The van der Waals surface area contributed by atoms with Crippen molar-refractivity contribution in [2.24, 2.45) is 0 Å². The quantitative estimate of drug-likeness (QED) is 0.710. The summed E-state index contributed by atoms with van der Waals surface area (Å²) in [6, 6.07) is 0.340. The van der Waals surface area contributed by atoms with Crippen LogP contribution in [-0.2, 0) is 6.54 Å². The predicted octanol–water partition coefficient (Wildman–Crippen LogP) is 0.499. The summed E-state index contributed by atoms with van der Waals surface area (Å²) in [6.45, 7) is 4.74. The first-order chi connectivity index (χ1) is 6.75. The van der Waals surface area contributed by atoms with Crippen molar-refractivity contribution in [3.63, 3.8) is 0 Å². The van der Waals surface area contributed by atoms with Crippen LogP contribution >= 0.6 is 0 Å². The molecule has 0 aliphatic rings. The lowest BCUT2D eigenvalue weighted by Gasteiger charge is -2.01. The lowest BCUT2D eigenvalue weighted by molar-refractivity contribution is 0.514. The van der Waals surface area contributed by atoms with Crippen LogP contribution in [0.15, 0.2) is 18.9 Å². The molecule has 0 unspecified atom stereocenters. The summed E-state index contributed by atoms with van der Waals surface area (Å²) in [5, 5.41) is 12.0. The third kappa shape index (κ3) is 1.78. The molecular weight excluding hydrogens is 180 g/mol. The van der Waals surface area contributed by atoms with E-state index in [1.165, 1.54) is 6.33 Å². The molecule has 0 saturated heterocycles. The molecule has 14 heavy (non-hydrogen) atoms. The first kappa shape index (κ1) is 8.86. The van der Waals surface area contributed by atoms with Gasteiger partial charge in [-0.1, -0.05) is 5.21 Å². The van der Waals surface area contributed by atoms with Gasteiger partial charge in [0.1, 0.15) is 18.3 Å². The normalized spacial score (nSPS) is 11.1. The largest absolute Gasteiger partial charge is 0.250 e. The van der Waals surface area contributed by atoms with Crippen LogP contribution in [0.25, 0.3) is 0 Å². The van der Waals surface area contributed by atoms with Crippen molar-refractivity contribution in [2.45, 2.75) is 26.4 Å². The van der Waals surface area contributed by atoms with Gasteiger partial charge in [-0.15, -0.1) is 5.10 Å². The van der Waals surface area contributed by atoms with Crippen LogP contribution in [0, 0.1) is 0 Å². The molecule has 0 aliphatic heterocycles. The summed E-state index contributed by atoms with van der Waals surface area (Å²) in [5.41, 5.74) is 0.893. The van der Waals surface area contributed by atoms with Gasteiger partial charge >= 0.3 is 0 Å². The highest BCUT2D eigenvalue weighted by atomic mass is 15.4. The topological polar surface area (TPSA) is 61.4 Å². The van der Waals surface area contributed by atoms with Crippen LogP contribution in [0.3, 0.4) is 0 Å². The minimum atomic E-state index is 0.340. The summed E-state index contributed by atoms with van der Waals surface area (Å²) < 4.78 is 3.54. The van der Waals surface area contributed by atoms with Crippen molar-refractivity contribution in [3.8, 4) is 0 Å². The average Bonchev–Trinajstić information content (AvgIpc) is 2.75. The van der Waals surface area contributed by atoms with Crippen molar-refractivity contribution in [2.75, 3.05) is 0 Å². The maximum Gasteiger partial charge on any atom is 0.137 e. The van der Waals surface area contributed by atoms with Crippen molar-refractivity contribution in [1.82, 2.24) is 29.8 Å². The molecule has 74 valence electrons. The molecule has 2 heterocycles. The second kappa shape index (κ2) is 3.57. The molecule has 0 atom stereocenters. The molecule has 6 heteroatoms. The Bertz CT molecular complexity index is 388. The highest BCUT2D eigenvalue weighted by molar-refractivity contribution is 4.93. The Balaban J connectivity index is 2.11. The standard InChI is InChI=1S/C8H12N6/c1-7(2)14-4-8(11-12-14)3-13-6-9-5-10-13/h4-7H,3H2,1-2H3. The minimum Gasteiger partial charge on any atom is -0.250 e. The first-order valence-corrected chi connectivity index (χ1v) is 4.49. The van der Waals surface area contributed by atoms with Crippen LogP contribution in [-0.4, -0.2) is 29.8 Å². The lowest BCUT2D eigenvalue weighted by atomic mass is 10.4.